The maximum Gasteiger partial charge on any atom is 0.136 e. The molecular weight excluding hydrogens is 695 g/mol. The molecule has 0 atom stereocenters. The van der Waals surface area contributed by atoms with Gasteiger partial charge in [-0.25, -0.2) is 0 Å². The van der Waals surface area contributed by atoms with E-state index in [-0.39, 0.29) is 0 Å². The summed E-state index contributed by atoms with van der Waals surface area (Å²) in [5.74, 6) is 1.69. The Morgan fingerprint density at radius 2 is 1.00 bits per heavy atom. The summed E-state index contributed by atoms with van der Waals surface area (Å²) in [6, 6.07) is 62.7. The molecule has 2 aliphatic rings. The lowest BCUT2D eigenvalue weighted by molar-refractivity contribution is 0.487. The maximum atomic E-state index is 6.67. The van der Waals surface area contributed by atoms with Crippen LogP contribution in [0.1, 0.15) is 5.56 Å². The average molecular weight is 732 g/mol. The summed E-state index contributed by atoms with van der Waals surface area (Å²) < 4.78 is 11.5. The topological polar surface area (TPSA) is 22.3 Å². The molecule has 2 aromatic heterocycles. The van der Waals surface area contributed by atoms with Crippen molar-refractivity contribution in [3.05, 3.63) is 212 Å². The lowest BCUT2D eigenvalue weighted by atomic mass is 9.97. The summed E-state index contributed by atoms with van der Waals surface area (Å²) >= 11 is 0. The first-order valence-electron chi connectivity index (χ1n) is 19.4. The molecule has 4 nitrogen and oxygen atoms in total. The molecule has 4 heteroatoms. The van der Waals surface area contributed by atoms with Gasteiger partial charge < -0.3 is 18.8 Å². The molecule has 9 aromatic rings. The van der Waals surface area contributed by atoms with Crippen LogP contribution in [0.25, 0.3) is 72.4 Å². The molecule has 7 aromatic carbocycles. The molecule has 4 heterocycles. The zero-order valence-corrected chi connectivity index (χ0v) is 31.2. The van der Waals surface area contributed by atoms with Gasteiger partial charge in [0.2, 0.25) is 0 Å². The van der Waals surface area contributed by atoms with Gasteiger partial charge in [-0.2, -0.15) is 0 Å². The SMILES string of the molecule is C=C1/C=C\C=C/CN(c2ccccc2)c2ccccc2-c2c1c1ccccc1n2-c1cccc(-n2c3c(c4ccccc42)-c2ccccc2Oc2ccccc2-3)c1. The van der Waals surface area contributed by atoms with Gasteiger partial charge in [-0.1, -0.05) is 140 Å². The Kier molecular flexibility index (Phi) is 7.68. The molecule has 0 bridgehead atoms. The van der Waals surface area contributed by atoms with Gasteiger partial charge in [0.15, 0.2) is 0 Å². The molecule has 0 saturated heterocycles. The molecule has 57 heavy (non-hydrogen) atoms. The number of nitrogens with zero attached hydrogens (tertiary/aromatic N) is 3. The van der Waals surface area contributed by atoms with E-state index in [2.05, 4.69) is 202 Å². The van der Waals surface area contributed by atoms with Gasteiger partial charge in [-0.3, -0.25) is 0 Å². The Morgan fingerprint density at radius 3 is 1.74 bits per heavy atom. The van der Waals surface area contributed by atoms with Crippen molar-refractivity contribution in [3.8, 4) is 56.5 Å². The van der Waals surface area contributed by atoms with E-state index in [4.69, 9.17) is 11.3 Å². The first kappa shape index (κ1) is 32.8. The van der Waals surface area contributed by atoms with E-state index in [0.29, 0.717) is 6.54 Å². The molecule has 0 fully saturated rings. The van der Waals surface area contributed by atoms with E-state index in [1.165, 1.54) is 10.9 Å². The molecule has 0 amide bonds. The number of hydrogen-bond acceptors (Lipinski definition) is 2. The molecule has 0 unspecified atom stereocenters. The Hall–Kier alpha value is -7.56. The summed E-state index contributed by atoms with van der Waals surface area (Å²) in [5.41, 5.74) is 15.4. The smallest absolute Gasteiger partial charge is 0.136 e. The number of aromatic nitrogens is 2. The minimum Gasteiger partial charge on any atom is -0.456 e. The Bertz CT molecular complexity index is 3100. The third-order valence-corrected chi connectivity index (χ3v) is 11.3. The van der Waals surface area contributed by atoms with Crippen LogP contribution >= 0.6 is 0 Å². The Morgan fingerprint density at radius 1 is 0.456 bits per heavy atom. The lowest BCUT2D eigenvalue weighted by Crippen LogP contribution is -2.18. The largest absolute Gasteiger partial charge is 0.456 e. The zero-order chi connectivity index (χ0) is 37.9. The number of ether oxygens (including phenoxy) is 1. The Balaban J connectivity index is 1.22. The first-order valence-corrected chi connectivity index (χ1v) is 19.4. The minimum absolute atomic E-state index is 0.711. The second-order valence-electron chi connectivity index (χ2n) is 14.5. The summed E-state index contributed by atoms with van der Waals surface area (Å²) in [7, 11) is 0. The number of para-hydroxylation sites is 6. The molecule has 0 spiro atoms. The molecule has 2 aliphatic heterocycles. The zero-order valence-electron chi connectivity index (χ0n) is 31.2. The highest BCUT2D eigenvalue weighted by Gasteiger charge is 2.29. The fourth-order valence-electron chi connectivity index (χ4n) is 8.89. The van der Waals surface area contributed by atoms with Crippen LogP contribution in [0.2, 0.25) is 0 Å². The molecule has 270 valence electrons. The van der Waals surface area contributed by atoms with Gasteiger partial charge >= 0.3 is 0 Å². The third-order valence-electron chi connectivity index (χ3n) is 11.3. The van der Waals surface area contributed by atoms with Crippen LogP contribution in [-0.4, -0.2) is 15.7 Å². The van der Waals surface area contributed by atoms with Crippen molar-refractivity contribution in [2.24, 2.45) is 0 Å². The number of hydrogen-bond donors (Lipinski definition) is 0. The predicted octanol–water partition coefficient (Wildman–Crippen LogP) is 14.0. The summed E-state index contributed by atoms with van der Waals surface area (Å²) in [6.45, 7) is 5.40. The van der Waals surface area contributed by atoms with Crippen LogP contribution in [0.4, 0.5) is 11.4 Å². The van der Waals surface area contributed by atoms with Gasteiger partial charge in [0, 0.05) is 62.2 Å². The fourth-order valence-corrected chi connectivity index (χ4v) is 8.89. The van der Waals surface area contributed by atoms with E-state index in [0.717, 1.165) is 89.9 Å². The van der Waals surface area contributed by atoms with E-state index in [1.54, 1.807) is 0 Å². The van der Waals surface area contributed by atoms with Crippen LogP contribution in [-0.2, 0) is 0 Å². The van der Waals surface area contributed by atoms with E-state index >= 15 is 0 Å². The van der Waals surface area contributed by atoms with Crippen LogP contribution in [0.15, 0.2) is 207 Å². The van der Waals surface area contributed by atoms with Crippen LogP contribution in [0.3, 0.4) is 0 Å². The van der Waals surface area contributed by atoms with Gasteiger partial charge in [0.1, 0.15) is 11.5 Å². The van der Waals surface area contributed by atoms with Crippen LogP contribution < -0.4 is 9.64 Å². The minimum atomic E-state index is 0.711. The number of allylic oxidation sites excluding steroid dienone is 4. The lowest BCUT2D eigenvalue weighted by Gasteiger charge is -2.27. The molecule has 0 N–H and O–H groups in total. The second kappa shape index (κ2) is 13.3. The van der Waals surface area contributed by atoms with Crippen LogP contribution in [0, 0.1) is 0 Å². The first-order chi connectivity index (χ1) is 28.2. The third kappa shape index (κ3) is 5.22. The monoisotopic (exact) mass is 731 g/mol. The summed E-state index contributed by atoms with van der Waals surface area (Å²) in [6.07, 6.45) is 8.59. The highest BCUT2D eigenvalue weighted by atomic mass is 16.5. The fraction of sp³-hybridized carbons (Fsp3) is 0.0189. The summed E-state index contributed by atoms with van der Waals surface area (Å²) in [4.78, 5) is 2.40. The molecule has 11 rings (SSSR count). The maximum absolute atomic E-state index is 6.67. The number of anilines is 2. The number of rotatable bonds is 3. The van der Waals surface area contributed by atoms with Gasteiger partial charge in [-0.05, 0) is 72.3 Å². The van der Waals surface area contributed by atoms with Crippen molar-refractivity contribution in [2.75, 3.05) is 11.4 Å². The highest BCUT2D eigenvalue weighted by molar-refractivity contribution is 6.09. The van der Waals surface area contributed by atoms with Crippen molar-refractivity contribution < 1.29 is 4.74 Å². The average Bonchev–Trinajstić information content (AvgIpc) is 3.74. The summed E-state index contributed by atoms with van der Waals surface area (Å²) in [5, 5.41) is 2.33. The molecule has 0 radical (unpaired) electrons. The highest BCUT2D eigenvalue weighted by Crippen LogP contribution is 2.52. The normalized spacial score (nSPS) is 14.3. The van der Waals surface area contributed by atoms with Crippen molar-refractivity contribution in [2.45, 2.75) is 0 Å². The Labute approximate surface area is 331 Å². The predicted molar refractivity (Wildman–Crippen MR) is 237 cm³/mol. The van der Waals surface area contributed by atoms with Crippen molar-refractivity contribution in [1.29, 1.82) is 0 Å². The van der Waals surface area contributed by atoms with E-state index in [1.807, 2.05) is 12.1 Å². The van der Waals surface area contributed by atoms with E-state index < -0.39 is 0 Å². The van der Waals surface area contributed by atoms with Gasteiger partial charge in [0.25, 0.3) is 0 Å². The van der Waals surface area contributed by atoms with Crippen molar-refractivity contribution >= 4 is 38.8 Å². The number of benzene rings is 7. The quantitative estimate of drug-likeness (QED) is 0.181. The van der Waals surface area contributed by atoms with Gasteiger partial charge in [0.05, 0.1) is 28.1 Å². The van der Waals surface area contributed by atoms with Crippen molar-refractivity contribution in [3.63, 3.8) is 0 Å². The molecule has 0 saturated carbocycles. The van der Waals surface area contributed by atoms with E-state index in [9.17, 15) is 0 Å². The van der Waals surface area contributed by atoms with Crippen LogP contribution in [0.5, 0.6) is 11.5 Å². The van der Waals surface area contributed by atoms with Gasteiger partial charge in [-0.15, -0.1) is 0 Å². The standard InChI is InChI=1S/C53H37N3O/c1-36-19-4-3-17-34-54(37-20-5-2-6-21-37)45-29-12-9-26-42(45)52-50(36)40-24-7-13-30-46(40)55(52)38-22-18-23-39(35-38)56-47-31-14-8-25-41(47)51-43-27-10-15-32-48(43)57-49-33-16-11-28-44(49)53(51)56/h2-33,35H,1,34H2/b17-3-,19-4-. The second-order valence-corrected chi connectivity index (χ2v) is 14.5. The number of fused-ring (bicyclic) bond motifs is 12. The molecular formula is C53H37N3O. The molecule has 0 aliphatic carbocycles. The van der Waals surface area contributed by atoms with Crippen molar-refractivity contribution in [1.82, 2.24) is 9.13 Å².